The molecule has 6 fully saturated rings. The molecular weight excluding hydrogens is 250 g/mol. The van der Waals surface area contributed by atoms with E-state index in [-0.39, 0.29) is 5.41 Å². The molecule has 0 aromatic rings. The van der Waals surface area contributed by atoms with Crippen LogP contribution < -0.4 is 0 Å². The standard InChI is InChI=1S/C17H25NO2/c19-16(18-14-1-2-15(18)10-20-9-14)17-6-11-3-12(7-17)5-13(4-11)8-17/h11-15H,1-10H2. The van der Waals surface area contributed by atoms with Crippen molar-refractivity contribution in [3.63, 3.8) is 0 Å². The van der Waals surface area contributed by atoms with Crippen molar-refractivity contribution >= 4 is 5.91 Å². The number of nitrogens with zero attached hydrogens (tertiary/aromatic N) is 1. The molecule has 0 spiro atoms. The molecule has 0 aromatic heterocycles. The summed E-state index contributed by atoms with van der Waals surface area (Å²) in [6.07, 6.45) is 10.2. The molecule has 4 saturated carbocycles. The fourth-order valence-electron chi connectivity index (χ4n) is 6.61. The van der Waals surface area contributed by atoms with Crippen LogP contribution >= 0.6 is 0 Å². The first-order valence-corrected chi connectivity index (χ1v) is 8.64. The van der Waals surface area contributed by atoms with Gasteiger partial charge in [-0.2, -0.15) is 0 Å². The highest BCUT2D eigenvalue weighted by atomic mass is 16.5. The summed E-state index contributed by atoms with van der Waals surface area (Å²) in [5.74, 6) is 3.13. The zero-order valence-corrected chi connectivity index (χ0v) is 12.2. The molecule has 0 radical (unpaired) electrons. The first-order valence-electron chi connectivity index (χ1n) is 8.64. The molecule has 20 heavy (non-hydrogen) atoms. The summed E-state index contributed by atoms with van der Waals surface area (Å²) >= 11 is 0. The molecular formula is C17H25NO2. The molecule has 2 unspecified atom stereocenters. The van der Waals surface area contributed by atoms with E-state index in [9.17, 15) is 4.79 Å². The molecule has 2 heterocycles. The van der Waals surface area contributed by atoms with E-state index < -0.39 is 0 Å². The highest BCUT2D eigenvalue weighted by Crippen LogP contribution is 2.61. The Morgan fingerprint density at radius 2 is 1.40 bits per heavy atom. The molecule has 1 amide bonds. The molecule has 0 aromatic carbocycles. The van der Waals surface area contributed by atoms with Crippen LogP contribution in [0.5, 0.6) is 0 Å². The number of ether oxygens (including phenoxy) is 1. The summed E-state index contributed by atoms with van der Waals surface area (Å²) in [4.78, 5) is 15.7. The third-order valence-electron chi connectivity index (χ3n) is 6.97. The van der Waals surface area contributed by atoms with E-state index in [0.29, 0.717) is 18.0 Å². The molecule has 6 bridgehead atoms. The van der Waals surface area contributed by atoms with E-state index in [4.69, 9.17) is 4.74 Å². The number of hydrogen-bond donors (Lipinski definition) is 0. The van der Waals surface area contributed by atoms with Crippen LogP contribution in [0, 0.1) is 23.2 Å². The van der Waals surface area contributed by atoms with Crippen molar-refractivity contribution < 1.29 is 9.53 Å². The molecule has 6 rings (SSSR count). The van der Waals surface area contributed by atoms with E-state index in [1.165, 1.54) is 51.4 Å². The topological polar surface area (TPSA) is 29.5 Å². The van der Waals surface area contributed by atoms with Crippen molar-refractivity contribution in [1.29, 1.82) is 0 Å². The Kier molecular flexibility index (Phi) is 2.40. The van der Waals surface area contributed by atoms with Gasteiger partial charge in [-0.25, -0.2) is 0 Å². The van der Waals surface area contributed by atoms with Crippen molar-refractivity contribution in [2.45, 2.75) is 63.5 Å². The van der Waals surface area contributed by atoms with Crippen molar-refractivity contribution in [3.8, 4) is 0 Å². The monoisotopic (exact) mass is 275 g/mol. The van der Waals surface area contributed by atoms with Crippen LogP contribution in [-0.2, 0) is 9.53 Å². The molecule has 2 saturated heterocycles. The lowest BCUT2D eigenvalue weighted by atomic mass is 9.49. The molecule has 6 aliphatic rings. The van der Waals surface area contributed by atoms with Gasteiger partial charge in [0.25, 0.3) is 0 Å². The molecule has 0 N–H and O–H groups in total. The molecule has 4 aliphatic carbocycles. The van der Waals surface area contributed by atoms with Crippen LogP contribution in [0.25, 0.3) is 0 Å². The lowest BCUT2D eigenvalue weighted by Crippen LogP contribution is -2.59. The highest BCUT2D eigenvalue weighted by Gasteiger charge is 2.57. The van der Waals surface area contributed by atoms with Crippen LogP contribution in [-0.4, -0.2) is 36.1 Å². The lowest BCUT2D eigenvalue weighted by Gasteiger charge is -2.57. The van der Waals surface area contributed by atoms with E-state index in [2.05, 4.69) is 4.90 Å². The van der Waals surface area contributed by atoms with Crippen molar-refractivity contribution in [2.75, 3.05) is 13.2 Å². The van der Waals surface area contributed by atoms with Gasteiger partial charge in [0.1, 0.15) is 0 Å². The molecule has 2 atom stereocenters. The largest absolute Gasteiger partial charge is 0.377 e. The minimum Gasteiger partial charge on any atom is -0.377 e. The zero-order chi connectivity index (χ0) is 13.3. The lowest BCUT2D eigenvalue weighted by molar-refractivity contribution is -0.167. The molecule has 2 aliphatic heterocycles. The maximum Gasteiger partial charge on any atom is 0.229 e. The Bertz CT molecular complexity index is 395. The predicted octanol–water partition coefficient (Wildman–Crippen LogP) is 2.59. The first kappa shape index (κ1) is 12.0. The summed E-state index contributed by atoms with van der Waals surface area (Å²) in [7, 11) is 0. The van der Waals surface area contributed by atoms with Gasteiger partial charge in [-0.3, -0.25) is 4.79 Å². The quantitative estimate of drug-likeness (QED) is 0.736. The third-order valence-corrected chi connectivity index (χ3v) is 6.97. The van der Waals surface area contributed by atoms with Gasteiger partial charge in [-0.1, -0.05) is 0 Å². The second kappa shape index (κ2) is 4.00. The molecule has 3 heteroatoms. The zero-order valence-electron chi connectivity index (χ0n) is 12.2. The average molecular weight is 275 g/mol. The van der Waals surface area contributed by atoms with Gasteiger partial charge >= 0.3 is 0 Å². The summed E-state index contributed by atoms with van der Waals surface area (Å²) in [6, 6.07) is 0.795. The number of rotatable bonds is 1. The number of hydrogen-bond acceptors (Lipinski definition) is 2. The van der Waals surface area contributed by atoms with E-state index >= 15 is 0 Å². The Balaban J connectivity index is 1.46. The van der Waals surface area contributed by atoms with Gasteiger partial charge in [0.05, 0.1) is 30.7 Å². The van der Waals surface area contributed by atoms with Gasteiger partial charge in [0.15, 0.2) is 0 Å². The number of fused-ring (bicyclic) bond motifs is 2. The molecule has 110 valence electrons. The maximum atomic E-state index is 13.4. The van der Waals surface area contributed by atoms with Crippen LogP contribution in [0.4, 0.5) is 0 Å². The number of carbonyl (C=O) groups is 1. The van der Waals surface area contributed by atoms with E-state index in [1.807, 2.05) is 0 Å². The van der Waals surface area contributed by atoms with Gasteiger partial charge in [0, 0.05) is 0 Å². The fourth-order valence-corrected chi connectivity index (χ4v) is 6.61. The Morgan fingerprint density at radius 3 is 1.90 bits per heavy atom. The van der Waals surface area contributed by atoms with Gasteiger partial charge < -0.3 is 9.64 Å². The van der Waals surface area contributed by atoms with Crippen LogP contribution in [0.2, 0.25) is 0 Å². The summed E-state index contributed by atoms with van der Waals surface area (Å²) < 4.78 is 5.66. The maximum absolute atomic E-state index is 13.4. The predicted molar refractivity (Wildman–Crippen MR) is 75.1 cm³/mol. The SMILES string of the molecule is O=C(N1C2CCC1COC2)C12CC3CC(CC(C3)C1)C2. The number of morpholine rings is 1. The van der Waals surface area contributed by atoms with Crippen LogP contribution in [0.1, 0.15) is 51.4 Å². The highest BCUT2D eigenvalue weighted by molar-refractivity contribution is 5.84. The summed E-state index contributed by atoms with van der Waals surface area (Å²) in [5, 5.41) is 0. The van der Waals surface area contributed by atoms with Crippen molar-refractivity contribution in [2.24, 2.45) is 23.2 Å². The van der Waals surface area contributed by atoms with E-state index in [0.717, 1.165) is 31.0 Å². The average Bonchev–Trinajstić information content (AvgIpc) is 2.65. The Hall–Kier alpha value is -0.570. The van der Waals surface area contributed by atoms with Crippen LogP contribution in [0.15, 0.2) is 0 Å². The minimum atomic E-state index is 0.0485. The van der Waals surface area contributed by atoms with Crippen molar-refractivity contribution in [1.82, 2.24) is 4.90 Å². The Morgan fingerprint density at radius 1 is 0.900 bits per heavy atom. The minimum absolute atomic E-state index is 0.0485. The van der Waals surface area contributed by atoms with Gasteiger partial charge in [-0.05, 0) is 69.1 Å². The van der Waals surface area contributed by atoms with Crippen molar-refractivity contribution in [3.05, 3.63) is 0 Å². The first-order chi connectivity index (χ1) is 9.73. The normalized spacial score (nSPS) is 52.6. The van der Waals surface area contributed by atoms with Crippen LogP contribution in [0.3, 0.4) is 0 Å². The van der Waals surface area contributed by atoms with Gasteiger partial charge in [0.2, 0.25) is 5.91 Å². The second-order valence-corrected chi connectivity index (χ2v) is 8.33. The number of amides is 1. The number of carbonyl (C=O) groups excluding carboxylic acids is 1. The summed E-state index contributed by atoms with van der Waals surface area (Å²) in [5.41, 5.74) is 0.0485. The molecule has 3 nitrogen and oxygen atoms in total. The smallest absolute Gasteiger partial charge is 0.229 e. The second-order valence-electron chi connectivity index (χ2n) is 8.33. The fraction of sp³-hybridized carbons (Fsp3) is 0.941. The Labute approximate surface area is 121 Å². The summed E-state index contributed by atoms with van der Waals surface area (Å²) in [6.45, 7) is 1.57. The van der Waals surface area contributed by atoms with Gasteiger partial charge in [-0.15, -0.1) is 0 Å². The van der Waals surface area contributed by atoms with E-state index in [1.54, 1.807) is 0 Å². The third kappa shape index (κ3) is 1.53.